The van der Waals surface area contributed by atoms with E-state index in [9.17, 15) is 9.59 Å². The van der Waals surface area contributed by atoms with Gasteiger partial charge in [0.15, 0.2) is 0 Å². The number of anilines is 1. The third-order valence-electron chi connectivity index (χ3n) is 6.94. The molecule has 2 aromatic heterocycles. The van der Waals surface area contributed by atoms with Gasteiger partial charge in [0.25, 0.3) is 5.91 Å². The predicted molar refractivity (Wildman–Crippen MR) is 145 cm³/mol. The summed E-state index contributed by atoms with van der Waals surface area (Å²) in [5, 5.41) is 3.95. The number of nitrogens with zero attached hydrogens (tertiary/aromatic N) is 2. The van der Waals surface area contributed by atoms with Gasteiger partial charge in [-0.3, -0.25) is 14.6 Å². The molecule has 3 heterocycles. The summed E-state index contributed by atoms with van der Waals surface area (Å²) in [6, 6.07) is 27.6. The lowest BCUT2D eigenvalue weighted by Crippen LogP contribution is -2.32. The fourth-order valence-corrected chi connectivity index (χ4v) is 5.19. The Bertz CT molecular complexity index is 1610. The number of hydrogen-bond acceptors (Lipinski definition) is 3. The molecule has 2 N–H and O–H groups in total. The lowest BCUT2D eigenvalue weighted by molar-refractivity contribution is -0.116. The van der Waals surface area contributed by atoms with E-state index in [-0.39, 0.29) is 30.8 Å². The summed E-state index contributed by atoms with van der Waals surface area (Å²) in [4.78, 5) is 36.0. The SMILES string of the molecule is Cc1ccc(-c2[nH]c3ccccc3c2C2c3ccccc3C(=O)N2CCC(=O)Nc2cccnc2)cc1. The van der Waals surface area contributed by atoms with Crippen LogP contribution in [0, 0.1) is 6.92 Å². The van der Waals surface area contributed by atoms with Crippen molar-refractivity contribution in [1.82, 2.24) is 14.9 Å². The van der Waals surface area contributed by atoms with Gasteiger partial charge in [0, 0.05) is 41.2 Å². The van der Waals surface area contributed by atoms with Gasteiger partial charge in [0.2, 0.25) is 5.91 Å². The Labute approximate surface area is 215 Å². The van der Waals surface area contributed by atoms with Crippen LogP contribution in [0.1, 0.15) is 39.5 Å². The van der Waals surface area contributed by atoms with Crippen LogP contribution in [0.25, 0.3) is 22.2 Å². The van der Waals surface area contributed by atoms with Gasteiger partial charge in [-0.2, -0.15) is 0 Å². The summed E-state index contributed by atoms with van der Waals surface area (Å²) in [5.41, 5.74) is 7.56. The number of para-hydroxylation sites is 1. The molecule has 182 valence electrons. The van der Waals surface area contributed by atoms with Gasteiger partial charge >= 0.3 is 0 Å². The molecule has 6 rings (SSSR count). The van der Waals surface area contributed by atoms with Crippen LogP contribution in [0.15, 0.2) is 97.3 Å². The molecule has 1 atom stereocenters. The highest BCUT2D eigenvalue weighted by atomic mass is 16.2. The van der Waals surface area contributed by atoms with Crippen LogP contribution < -0.4 is 5.32 Å². The molecule has 1 aliphatic rings. The minimum atomic E-state index is -0.317. The molecule has 0 spiro atoms. The first-order chi connectivity index (χ1) is 18.1. The molecule has 0 fully saturated rings. The van der Waals surface area contributed by atoms with Crippen molar-refractivity contribution in [2.45, 2.75) is 19.4 Å². The second-order valence-electron chi connectivity index (χ2n) is 9.35. The molecule has 0 saturated heterocycles. The number of aromatic nitrogens is 2. The highest BCUT2D eigenvalue weighted by Gasteiger charge is 2.40. The Kier molecular flexibility index (Phi) is 5.77. The summed E-state index contributed by atoms with van der Waals surface area (Å²) in [6.45, 7) is 2.36. The number of nitrogens with one attached hydrogen (secondary N) is 2. The van der Waals surface area contributed by atoms with E-state index in [0.717, 1.165) is 33.3 Å². The quantitative estimate of drug-likeness (QED) is 0.304. The number of fused-ring (bicyclic) bond motifs is 2. The van der Waals surface area contributed by atoms with Crippen molar-refractivity contribution in [3.8, 4) is 11.3 Å². The molecular weight excluding hydrogens is 460 g/mol. The molecule has 0 bridgehead atoms. The van der Waals surface area contributed by atoms with E-state index in [4.69, 9.17) is 0 Å². The minimum Gasteiger partial charge on any atom is -0.354 e. The molecule has 1 aliphatic heterocycles. The fraction of sp³-hybridized carbons (Fsp3) is 0.129. The number of H-pyrrole nitrogens is 1. The van der Waals surface area contributed by atoms with Gasteiger partial charge in [-0.15, -0.1) is 0 Å². The largest absolute Gasteiger partial charge is 0.354 e. The molecule has 6 nitrogen and oxygen atoms in total. The van der Waals surface area contributed by atoms with Gasteiger partial charge in [0.05, 0.1) is 23.6 Å². The molecule has 2 amide bonds. The highest BCUT2D eigenvalue weighted by molar-refractivity contribution is 6.02. The Hall–Kier alpha value is -4.71. The molecule has 37 heavy (non-hydrogen) atoms. The Morgan fingerprint density at radius 2 is 1.76 bits per heavy atom. The van der Waals surface area contributed by atoms with E-state index in [1.807, 2.05) is 41.3 Å². The number of aryl methyl sites for hydroxylation is 1. The van der Waals surface area contributed by atoms with Gasteiger partial charge in [0.1, 0.15) is 0 Å². The number of carbonyl (C=O) groups excluding carboxylic acids is 2. The number of aromatic amines is 1. The van der Waals surface area contributed by atoms with Gasteiger partial charge in [-0.05, 0) is 42.3 Å². The average Bonchev–Trinajstić information content (AvgIpc) is 3.43. The number of amides is 2. The summed E-state index contributed by atoms with van der Waals surface area (Å²) in [6.07, 6.45) is 3.44. The molecule has 0 saturated carbocycles. The van der Waals surface area contributed by atoms with Crippen molar-refractivity contribution in [3.63, 3.8) is 0 Å². The van der Waals surface area contributed by atoms with Crippen molar-refractivity contribution < 1.29 is 9.59 Å². The maximum absolute atomic E-state index is 13.7. The summed E-state index contributed by atoms with van der Waals surface area (Å²) >= 11 is 0. The maximum atomic E-state index is 13.7. The van der Waals surface area contributed by atoms with Gasteiger partial charge in [-0.1, -0.05) is 66.2 Å². The topological polar surface area (TPSA) is 78.1 Å². The Balaban J connectivity index is 1.42. The first-order valence-electron chi connectivity index (χ1n) is 12.4. The van der Waals surface area contributed by atoms with Crippen molar-refractivity contribution in [2.24, 2.45) is 0 Å². The van der Waals surface area contributed by atoms with Crippen molar-refractivity contribution in [3.05, 3.63) is 120 Å². The zero-order valence-corrected chi connectivity index (χ0v) is 20.4. The number of hydrogen-bond donors (Lipinski definition) is 2. The summed E-state index contributed by atoms with van der Waals surface area (Å²) in [5.74, 6) is -0.219. The van der Waals surface area contributed by atoms with E-state index < -0.39 is 0 Å². The average molecular weight is 487 g/mol. The van der Waals surface area contributed by atoms with Crippen molar-refractivity contribution in [1.29, 1.82) is 0 Å². The van der Waals surface area contributed by atoms with E-state index in [1.54, 1.807) is 24.5 Å². The maximum Gasteiger partial charge on any atom is 0.255 e. The molecule has 0 aliphatic carbocycles. The van der Waals surface area contributed by atoms with E-state index >= 15 is 0 Å². The first-order valence-corrected chi connectivity index (χ1v) is 12.4. The highest BCUT2D eigenvalue weighted by Crippen LogP contribution is 2.45. The number of benzene rings is 3. The minimum absolute atomic E-state index is 0.0603. The third-order valence-corrected chi connectivity index (χ3v) is 6.94. The zero-order chi connectivity index (χ0) is 25.4. The summed E-state index contributed by atoms with van der Waals surface area (Å²) < 4.78 is 0. The van der Waals surface area contributed by atoms with E-state index in [2.05, 4.69) is 58.6 Å². The third kappa shape index (κ3) is 4.16. The predicted octanol–water partition coefficient (Wildman–Crippen LogP) is 6.11. The normalized spacial score (nSPS) is 14.7. The second-order valence-corrected chi connectivity index (χ2v) is 9.35. The van der Waals surface area contributed by atoms with Crippen molar-refractivity contribution >= 4 is 28.4 Å². The number of rotatable bonds is 6. The summed E-state index contributed by atoms with van der Waals surface area (Å²) in [7, 11) is 0. The lowest BCUT2D eigenvalue weighted by atomic mass is 9.93. The standard InChI is InChI=1S/C31H26N4O2/c1-20-12-14-21(15-13-20)29-28(25-10-4-5-11-26(25)34-29)30-23-8-2-3-9-24(23)31(37)35(30)18-16-27(36)33-22-7-6-17-32-19-22/h2-15,17,19,30,34H,16,18H2,1H3,(H,33,36). The van der Waals surface area contributed by atoms with Crippen molar-refractivity contribution in [2.75, 3.05) is 11.9 Å². The van der Waals surface area contributed by atoms with Crippen LogP contribution in [0.2, 0.25) is 0 Å². The van der Waals surface area contributed by atoms with Crippen LogP contribution in [-0.4, -0.2) is 33.2 Å². The smallest absolute Gasteiger partial charge is 0.255 e. The van der Waals surface area contributed by atoms with Gasteiger partial charge < -0.3 is 15.2 Å². The number of carbonyl (C=O) groups is 2. The first kappa shape index (κ1) is 22.7. The lowest BCUT2D eigenvalue weighted by Gasteiger charge is -2.26. The molecule has 0 radical (unpaired) electrons. The second kappa shape index (κ2) is 9.39. The van der Waals surface area contributed by atoms with Crippen LogP contribution in [-0.2, 0) is 4.79 Å². The Morgan fingerprint density at radius 1 is 0.973 bits per heavy atom. The van der Waals surface area contributed by atoms with E-state index in [1.165, 1.54) is 5.56 Å². The molecule has 5 aromatic rings. The van der Waals surface area contributed by atoms with Crippen LogP contribution >= 0.6 is 0 Å². The van der Waals surface area contributed by atoms with Crippen LogP contribution in [0.3, 0.4) is 0 Å². The van der Waals surface area contributed by atoms with E-state index in [0.29, 0.717) is 11.3 Å². The van der Waals surface area contributed by atoms with Gasteiger partial charge in [-0.25, -0.2) is 0 Å². The zero-order valence-electron chi connectivity index (χ0n) is 20.4. The molecule has 6 heteroatoms. The fourth-order valence-electron chi connectivity index (χ4n) is 5.19. The monoisotopic (exact) mass is 486 g/mol. The molecule has 1 unspecified atom stereocenters. The molecular formula is C31H26N4O2. The molecule has 3 aromatic carbocycles. The van der Waals surface area contributed by atoms with Crippen LogP contribution in [0.4, 0.5) is 5.69 Å². The Morgan fingerprint density at radius 3 is 2.57 bits per heavy atom. The number of pyridine rings is 1. The van der Waals surface area contributed by atoms with Crippen LogP contribution in [0.5, 0.6) is 0 Å².